The van der Waals surface area contributed by atoms with Crippen molar-refractivity contribution in [3.63, 3.8) is 0 Å². The Hall–Kier alpha value is -1.10. The Morgan fingerprint density at radius 3 is 3.00 bits per heavy atom. The molecule has 2 aliphatic heterocycles. The summed E-state index contributed by atoms with van der Waals surface area (Å²) in [6, 6.07) is 0. The summed E-state index contributed by atoms with van der Waals surface area (Å²) in [5.41, 5.74) is 0. The van der Waals surface area contributed by atoms with Crippen LogP contribution in [0.2, 0.25) is 0 Å². The molecule has 5 heteroatoms. The van der Waals surface area contributed by atoms with Crippen molar-refractivity contribution in [3.05, 3.63) is 0 Å². The number of hydrogen-bond donors (Lipinski definition) is 2. The average molecular weight is 254 g/mol. The molecule has 2 aliphatic rings. The molecule has 0 aliphatic carbocycles. The van der Waals surface area contributed by atoms with Crippen LogP contribution in [0.15, 0.2) is 0 Å². The molecular weight excluding hydrogens is 232 g/mol. The molecule has 0 bridgehead atoms. The molecule has 0 radical (unpaired) electrons. The minimum Gasteiger partial charge on any atom is -0.378 e. The van der Waals surface area contributed by atoms with Crippen molar-refractivity contribution >= 4 is 11.8 Å². The van der Waals surface area contributed by atoms with Crippen molar-refractivity contribution < 1.29 is 14.3 Å². The van der Waals surface area contributed by atoms with Crippen molar-refractivity contribution in [2.24, 2.45) is 11.8 Å². The molecule has 0 aromatic rings. The average Bonchev–Trinajstić information content (AvgIpc) is 2.84. The maximum atomic E-state index is 12.0. The molecule has 2 heterocycles. The number of rotatable bonds is 4. The molecule has 2 N–H and O–H groups in total. The highest BCUT2D eigenvalue weighted by Crippen LogP contribution is 2.22. The molecule has 2 saturated heterocycles. The van der Waals surface area contributed by atoms with Gasteiger partial charge in [-0.25, -0.2) is 0 Å². The van der Waals surface area contributed by atoms with E-state index in [1.807, 2.05) is 0 Å². The third-order valence-corrected chi connectivity index (χ3v) is 3.92. The van der Waals surface area contributed by atoms with Gasteiger partial charge in [0.25, 0.3) is 0 Å². The van der Waals surface area contributed by atoms with Gasteiger partial charge in [-0.15, -0.1) is 0 Å². The van der Waals surface area contributed by atoms with Crippen molar-refractivity contribution in [2.75, 3.05) is 19.7 Å². The fourth-order valence-electron chi connectivity index (χ4n) is 2.71. The van der Waals surface area contributed by atoms with E-state index >= 15 is 0 Å². The van der Waals surface area contributed by atoms with Crippen LogP contribution in [0.25, 0.3) is 0 Å². The van der Waals surface area contributed by atoms with E-state index in [1.54, 1.807) is 0 Å². The zero-order valence-corrected chi connectivity index (χ0v) is 10.9. The maximum absolute atomic E-state index is 12.0. The summed E-state index contributed by atoms with van der Waals surface area (Å²) in [6.45, 7) is 4.09. The highest BCUT2D eigenvalue weighted by atomic mass is 16.5. The maximum Gasteiger partial charge on any atom is 0.224 e. The van der Waals surface area contributed by atoms with E-state index in [-0.39, 0.29) is 23.8 Å². The van der Waals surface area contributed by atoms with Gasteiger partial charge < -0.3 is 15.4 Å². The number of carbonyl (C=O) groups is 2. The SMILES string of the molecule is CCC1OCCC1CNC(=O)C1CCC(=O)NC1. The fourth-order valence-corrected chi connectivity index (χ4v) is 2.71. The second kappa shape index (κ2) is 6.18. The predicted molar refractivity (Wildman–Crippen MR) is 66.9 cm³/mol. The van der Waals surface area contributed by atoms with Gasteiger partial charge in [0, 0.05) is 32.0 Å². The summed E-state index contributed by atoms with van der Waals surface area (Å²) in [5, 5.41) is 5.74. The molecule has 2 amide bonds. The quantitative estimate of drug-likeness (QED) is 0.765. The van der Waals surface area contributed by atoms with Gasteiger partial charge in [-0.05, 0) is 19.3 Å². The summed E-state index contributed by atoms with van der Waals surface area (Å²) in [4.78, 5) is 23.0. The van der Waals surface area contributed by atoms with Crippen LogP contribution in [0.3, 0.4) is 0 Å². The Morgan fingerprint density at radius 2 is 2.33 bits per heavy atom. The Morgan fingerprint density at radius 1 is 1.50 bits per heavy atom. The molecule has 102 valence electrons. The molecule has 0 saturated carbocycles. The summed E-state index contributed by atoms with van der Waals surface area (Å²) in [7, 11) is 0. The van der Waals surface area contributed by atoms with Crippen LogP contribution < -0.4 is 10.6 Å². The molecule has 18 heavy (non-hydrogen) atoms. The number of carbonyl (C=O) groups excluding carboxylic acids is 2. The van der Waals surface area contributed by atoms with Crippen LogP contribution in [0.5, 0.6) is 0 Å². The Labute approximate surface area is 108 Å². The summed E-state index contributed by atoms with van der Waals surface area (Å²) in [6.07, 6.45) is 3.44. The van der Waals surface area contributed by atoms with Crippen LogP contribution in [0.4, 0.5) is 0 Å². The van der Waals surface area contributed by atoms with Crippen LogP contribution >= 0.6 is 0 Å². The van der Waals surface area contributed by atoms with Crippen molar-refractivity contribution in [1.82, 2.24) is 10.6 Å². The summed E-state index contributed by atoms with van der Waals surface area (Å²) in [5.74, 6) is 0.494. The molecule has 3 atom stereocenters. The minimum atomic E-state index is -0.0647. The van der Waals surface area contributed by atoms with Gasteiger partial charge in [-0.2, -0.15) is 0 Å². The first-order valence-electron chi connectivity index (χ1n) is 6.86. The van der Waals surface area contributed by atoms with E-state index in [0.29, 0.717) is 31.8 Å². The molecule has 5 nitrogen and oxygen atoms in total. The smallest absolute Gasteiger partial charge is 0.224 e. The Kier molecular flexibility index (Phi) is 4.58. The van der Waals surface area contributed by atoms with E-state index in [4.69, 9.17) is 4.74 Å². The number of piperidine rings is 1. The van der Waals surface area contributed by atoms with Crippen molar-refractivity contribution in [2.45, 2.75) is 38.7 Å². The van der Waals surface area contributed by atoms with Gasteiger partial charge in [0.1, 0.15) is 0 Å². The van der Waals surface area contributed by atoms with Gasteiger partial charge in [0.15, 0.2) is 0 Å². The van der Waals surface area contributed by atoms with Gasteiger partial charge in [-0.3, -0.25) is 9.59 Å². The third kappa shape index (κ3) is 3.22. The van der Waals surface area contributed by atoms with Crippen LogP contribution in [0.1, 0.15) is 32.6 Å². The summed E-state index contributed by atoms with van der Waals surface area (Å²) < 4.78 is 5.60. The normalized spacial score (nSPS) is 32.1. The lowest BCUT2D eigenvalue weighted by atomic mass is 9.96. The zero-order chi connectivity index (χ0) is 13.0. The minimum absolute atomic E-state index is 0.0503. The second-order valence-corrected chi connectivity index (χ2v) is 5.15. The number of nitrogens with one attached hydrogen (secondary N) is 2. The fraction of sp³-hybridized carbons (Fsp3) is 0.846. The Balaban J connectivity index is 1.72. The van der Waals surface area contributed by atoms with Gasteiger partial charge in [-0.1, -0.05) is 6.92 Å². The molecule has 2 fully saturated rings. The summed E-state index contributed by atoms with van der Waals surface area (Å²) >= 11 is 0. The standard InChI is InChI=1S/C13H22N2O3/c1-2-11-9(5-6-18-11)7-15-13(17)10-3-4-12(16)14-8-10/h9-11H,2-8H2,1H3,(H,14,16)(H,15,17). The van der Waals surface area contributed by atoms with E-state index < -0.39 is 0 Å². The Bertz CT molecular complexity index is 309. The zero-order valence-electron chi connectivity index (χ0n) is 10.9. The lowest BCUT2D eigenvalue weighted by Gasteiger charge is -2.23. The highest BCUT2D eigenvalue weighted by Gasteiger charge is 2.29. The lowest BCUT2D eigenvalue weighted by molar-refractivity contribution is -0.129. The van der Waals surface area contributed by atoms with Crippen LogP contribution in [-0.4, -0.2) is 37.6 Å². The molecule has 2 rings (SSSR count). The highest BCUT2D eigenvalue weighted by molar-refractivity contribution is 5.83. The largest absolute Gasteiger partial charge is 0.378 e. The second-order valence-electron chi connectivity index (χ2n) is 5.15. The molecule has 0 aromatic heterocycles. The molecule has 0 aromatic carbocycles. The third-order valence-electron chi connectivity index (χ3n) is 3.92. The van der Waals surface area contributed by atoms with Crippen LogP contribution in [0, 0.1) is 11.8 Å². The van der Waals surface area contributed by atoms with E-state index in [0.717, 1.165) is 19.4 Å². The first-order valence-corrected chi connectivity index (χ1v) is 6.86. The van der Waals surface area contributed by atoms with Gasteiger partial charge >= 0.3 is 0 Å². The molecule has 3 unspecified atom stereocenters. The topological polar surface area (TPSA) is 67.4 Å². The van der Waals surface area contributed by atoms with Gasteiger partial charge in [0.05, 0.1) is 12.0 Å². The first-order chi connectivity index (χ1) is 8.70. The number of hydrogen-bond acceptors (Lipinski definition) is 3. The monoisotopic (exact) mass is 254 g/mol. The number of amides is 2. The first kappa shape index (κ1) is 13.3. The van der Waals surface area contributed by atoms with Crippen molar-refractivity contribution in [3.8, 4) is 0 Å². The van der Waals surface area contributed by atoms with E-state index in [1.165, 1.54) is 0 Å². The number of ether oxygens (including phenoxy) is 1. The lowest BCUT2D eigenvalue weighted by Crippen LogP contribution is -2.44. The van der Waals surface area contributed by atoms with Crippen LogP contribution in [-0.2, 0) is 14.3 Å². The van der Waals surface area contributed by atoms with Gasteiger partial charge in [0.2, 0.25) is 11.8 Å². The predicted octanol–water partition coefficient (Wildman–Crippen LogP) is 0.444. The molecule has 0 spiro atoms. The van der Waals surface area contributed by atoms with Crippen molar-refractivity contribution in [1.29, 1.82) is 0 Å². The van der Waals surface area contributed by atoms with E-state index in [2.05, 4.69) is 17.6 Å². The van der Waals surface area contributed by atoms with E-state index in [9.17, 15) is 9.59 Å². The molecular formula is C13H22N2O3.